The molecule has 2 aromatic heterocycles. The molecule has 9 nitrogen and oxygen atoms in total. The first kappa shape index (κ1) is 20.1. The van der Waals surface area contributed by atoms with Crippen molar-refractivity contribution < 1.29 is 9.47 Å². The molecule has 3 heterocycles. The molecular formula is C19H29N7O2. The predicted octanol–water partition coefficient (Wildman–Crippen LogP) is 1.29. The van der Waals surface area contributed by atoms with Crippen LogP contribution in [0.25, 0.3) is 0 Å². The van der Waals surface area contributed by atoms with Crippen molar-refractivity contribution in [2.45, 2.75) is 52.4 Å². The quantitative estimate of drug-likeness (QED) is 0.520. The SMILES string of the molecule is CCNC(=NCc1cccnc1OCC)NC1CCc2nc(COC)nn2C1. The second kappa shape index (κ2) is 10.0. The summed E-state index contributed by atoms with van der Waals surface area (Å²) >= 11 is 0. The van der Waals surface area contributed by atoms with Gasteiger partial charge in [0.25, 0.3) is 0 Å². The number of nitrogens with one attached hydrogen (secondary N) is 2. The van der Waals surface area contributed by atoms with Gasteiger partial charge in [-0.25, -0.2) is 19.6 Å². The fourth-order valence-electron chi connectivity index (χ4n) is 3.16. The third-order valence-corrected chi connectivity index (χ3v) is 4.40. The van der Waals surface area contributed by atoms with E-state index in [4.69, 9.17) is 14.5 Å². The highest BCUT2D eigenvalue weighted by Crippen LogP contribution is 2.16. The Labute approximate surface area is 165 Å². The van der Waals surface area contributed by atoms with E-state index in [0.29, 0.717) is 25.6 Å². The largest absolute Gasteiger partial charge is 0.478 e. The number of fused-ring (bicyclic) bond motifs is 1. The minimum Gasteiger partial charge on any atom is -0.478 e. The monoisotopic (exact) mass is 387 g/mol. The van der Waals surface area contributed by atoms with Crippen LogP contribution in [0.2, 0.25) is 0 Å². The van der Waals surface area contributed by atoms with Crippen LogP contribution in [0.15, 0.2) is 23.3 Å². The highest BCUT2D eigenvalue weighted by Gasteiger charge is 2.22. The third kappa shape index (κ3) is 5.19. The standard InChI is InChI=1S/C19H29N7O2/c1-4-20-19(22-11-14-7-6-10-21-18(14)28-5-2)23-15-8-9-17-24-16(13-27-3)25-26(17)12-15/h6-7,10,15H,4-5,8-9,11-13H2,1-3H3,(H2,20,22,23). The zero-order valence-electron chi connectivity index (χ0n) is 16.8. The Hall–Kier alpha value is -2.68. The Balaban J connectivity index is 1.65. The lowest BCUT2D eigenvalue weighted by atomic mass is 10.1. The molecule has 2 aromatic rings. The van der Waals surface area contributed by atoms with E-state index in [1.54, 1.807) is 13.3 Å². The normalized spacial score (nSPS) is 16.5. The van der Waals surface area contributed by atoms with Gasteiger partial charge in [0.2, 0.25) is 5.88 Å². The van der Waals surface area contributed by atoms with E-state index in [1.165, 1.54) is 0 Å². The van der Waals surface area contributed by atoms with Gasteiger partial charge in [0.05, 0.1) is 19.7 Å². The molecule has 1 aliphatic rings. The lowest BCUT2D eigenvalue weighted by molar-refractivity contribution is 0.177. The summed E-state index contributed by atoms with van der Waals surface area (Å²) in [5.74, 6) is 3.17. The van der Waals surface area contributed by atoms with E-state index in [0.717, 1.165) is 49.1 Å². The number of aromatic nitrogens is 4. The van der Waals surface area contributed by atoms with E-state index in [1.807, 2.05) is 23.7 Å². The van der Waals surface area contributed by atoms with Crippen LogP contribution < -0.4 is 15.4 Å². The molecule has 0 saturated heterocycles. The third-order valence-electron chi connectivity index (χ3n) is 4.40. The van der Waals surface area contributed by atoms with Gasteiger partial charge >= 0.3 is 0 Å². The van der Waals surface area contributed by atoms with Crippen molar-refractivity contribution in [1.29, 1.82) is 0 Å². The Morgan fingerprint density at radius 1 is 1.39 bits per heavy atom. The maximum absolute atomic E-state index is 5.59. The van der Waals surface area contributed by atoms with Gasteiger partial charge in [-0.2, -0.15) is 5.10 Å². The fraction of sp³-hybridized carbons (Fsp3) is 0.579. The summed E-state index contributed by atoms with van der Waals surface area (Å²) in [6.45, 7) is 7.07. The molecule has 0 spiro atoms. The summed E-state index contributed by atoms with van der Waals surface area (Å²) in [6, 6.07) is 4.13. The number of hydrogen-bond donors (Lipinski definition) is 2. The molecule has 3 rings (SSSR count). The van der Waals surface area contributed by atoms with E-state index >= 15 is 0 Å². The molecule has 2 N–H and O–H groups in total. The van der Waals surface area contributed by atoms with Crippen molar-refractivity contribution in [3.05, 3.63) is 35.5 Å². The molecule has 0 saturated carbocycles. The van der Waals surface area contributed by atoms with Gasteiger partial charge in [-0.3, -0.25) is 0 Å². The first-order chi connectivity index (χ1) is 13.7. The number of hydrogen-bond acceptors (Lipinski definition) is 6. The van der Waals surface area contributed by atoms with Crippen molar-refractivity contribution in [2.75, 3.05) is 20.3 Å². The Kier molecular flexibility index (Phi) is 7.18. The summed E-state index contributed by atoms with van der Waals surface area (Å²) in [5.41, 5.74) is 0.966. The topological polar surface area (TPSA) is 98.5 Å². The number of aryl methyl sites for hydroxylation is 1. The van der Waals surface area contributed by atoms with Gasteiger partial charge in [-0.1, -0.05) is 6.07 Å². The van der Waals surface area contributed by atoms with Crippen LogP contribution in [0.3, 0.4) is 0 Å². The predicted molar refractivity (Wildman–Crippen MR) is 106 cm³/mol. The number of guanidine groups is 1. The van der Waals surface area contributed by atoms with Crippen LogP contribution in [0.5, 0.6) is 5.88 Å². The summed E-state index contributed by atoms with van der Waals surface area (Å²) in [7, 11) is 1.66. The number of pyridine rings is 1. The number of nitrogens with zero attached hydrogens (tertiary/aromatic N) is 5. The lowest BCUT2D eigenvalue weighted by Gasteiger charge is -2.25. The number of aliphatic imine (C=N–C) groups is 1. The number of rotatable bonds is 8. The van der Waals surface area contributed by atoms with Crippen LogP contribution in [0.4, 0.5) is 0 Å². The van der Waals surface area contributed by atoms with Crippen LogP contribution >= 0.6 is 0 Å². The van der Waals surface area contributed by atoms with E-state index in [-0.39, 0.29) is 6.04 Å². The average molecular weight is 387 g/mol. The highest BCUT2D eigenvalue weighted by atomic mass is 16.5. The van der Waals surface area contributed by atoms with Crippen LogP contribution in [0.1, 0.15) is 37.5 Å². The Bertz CT molecular complexity index is 790. The molecule has 0 amide bonds. The van der Waals surface area contributed by atoms with Gasteiger partial charge in [0.15, 0.2) is 11.8 Å². The van der Waals surface area contributed by atoms with Crippen LogP contribution in [-0.2, 0) is 30.9 Å². The lowest BCUT2D eigenvalue weighted by Crippen LogP contribution is -2.47. The summed E-state index contributed by atoms with van der Waals surface area (Å²) < 4.78 is 12.7. The van der Waals surface area contributed by atoms with E-state index < -0.39 is 0 Å². The van der Waals surface area contributed by atoms with Crippen molar-refractivity contribution >= 4 is 5.96 Å². The Morgan fingerprint density at radius 2 is 2.29 bits per heavy atom. The van der Waals surface area contributed by atoms with Crippen molar-refractivity contribution in [3.63, 3.8) is 0 Å². The molecule has 0 bridgehead atoms. The molecule has 0 fully saturated rings. The summed E-state index contributed by atoms with van der Waals surface area (Å²) in [4.78, 5) is 13.5. The van der Waals surface area contributed by atoms with E-state index in [2.05, 4.69) is 32.6 Å². The zero-order chi connectivity index (χ0) is 19.8. The number of methoxy groups -OCH3 is 1. The molecule has 1 atom stereocenters. The summed E-state index contributed by atoms with van der Waals surface area (Å²) in [6.07, 6.45) is 3.59. The maximum atomic E-state index is 5.59. The van der Waals surface area contributed by atoms with Gasteiger partial charge in [0, 0.05) is 37.9 Å². The Morgan fingerprint density at radius 3 is 3.07 bits per heavy atom. The van der Waals surface area contributed by atoms with Crippen LogP contribution in [0, 0.1) is 0 Å². The molecule has 9 heteroatoms. The average Bonchev–Trinajstić information content (AvgIpc) is 3.09. The second-order valence-electron chi connectivity index (χ2n) is 6.54. The molecule has 1 aliphatic heterocycles. The maximum Gasteiger partial charge on any atom is 0.218 e. The van der Waals surface area contributed by atoms with Gasteiger partial charge < -0.3 is 20.1 Å². The molecule has 28 heavy (non-hydrogen) atoms. The molecule has 0 aliphatic carbocycles. The van der Waals surface area contributed by atoms with Gasteiger partial charge in [-0.15, -0.1) is 0 Å². The van der Waals surface area contributed by atoms with E-state index in [9.17, 15) is 0 Å². The van der Waals surface area contributed by atoms with Crippen LogP contribution in [-0.4, -0.2) is 52.0 Å². The fourth-order valence-corrected chi connectivity index (χ4v) is 3.16. The molecule has 152 valence electrons. The first-order valence-corrected chi connectivity index (χ1v) is 9.76. The highest BCUT2D eigenvalue weighted by molar-refractivity contribution is 5.80. The summed E-state index contributed by atoms with van der Waals surface area (Å²) in [5, 5.41) is 11.4. The van der Waals surface area contributed by atoms with Crippen molar-refractivity contribution in [3.8, 4) is 5.88 Å². The van der Waals surface area contributed by atoms with Crippen molar-refractivity contribution in [1.82, 2.24) is 30.4 Å². The van der Waals surface area contributed by atoms with Crippen molar-refractivity contribution in [2.24, 2.45) is 4.99 Å². The van der Waals surface area contributed by atoms with Gasteiger partial charge in [0.1, 0.15) is 12.4 Å². The zero-order valence-corrected chi connectivity index (χ0v) is 16.8. The van der Waals surface area contributed by atoms with Gasteiger partial charge in [-0.05, 0) is 26.3 Å². The second-order valence-corrected chi connectivity index (χ2v) is 6.54. The first-order valence-electron chi connectivity index (χ1n) is 9.76. The molecule has 1 unspecified atom stereocenters. The minimum absolute atomic E-state index is 0.239. The smallest absolute Gasteiger partial charge is 0.218 e. The minimum atomic E-state index is 0.239. The molecule has 0 radical (unpaired) electrons. The molecule has 0 aromatic carbocycles. The molecular weight excluding hydrogens is 358 g/mol. The number of ether oxygens (including phenoxy) is 2.